The minimum absolute atomic E-state index is 0.749. The first-order valence-corrected chi connectivity index (χ1v) is 8.49. The SMILES string of the molecule is CCCNC(CN1CC2CCCN2CC1C)C1CC1. The molecule has 1 saturated carbocycles. The van der Waals surface area contributed by atoms with Crippen LogP contribution in [0.1, 0.15) is 46.0 Å². The summed E-state index contributed by atoms with van der Waals surface area (Å²) in [7, 11) is 0. The van der Waals surface area contributed by atoms with E-state index in [1.54, 1.807) is 0 Å². The quantitative estimate of drug-likeness (QED) is 0.792. The topological polar surface area (TPSA) is 18.5 Å². The zero-order valence-corrected chi connectivity index (χ0v) is 12.8. The van der Waals surface area contributed by atoms with Gasteiger partial charge in [0.15, 0.2) is 0 Å². The molecule has 0 aromatic carbocycles. The average molecular weight is 265 g/mol. The molecule has 0 aromatic rings. The van der Waals surface area contributed by atoms with E-state index in [2.05, 4.69) is 29.0 Å². The first-order chi connectivity index (χ1) is 9.28. The lowest BCUT2D eigenvalue weighted by Gasteiger charge is -2.43. The summed E-state index contributed by atoms with van der Waals surface area (Å²) in [5.74, 6) is 0.973. The van der Waals surface area contributed by atoms with Gasteiger partial charge in [0.1, 0.15) is 0 Å². The normalized spacial score (nSPS) is 34.4. The highest BCUT2D eigenvalue weighted by Gasteiger charge is 2.37. The number of hydrogen-bond donors (Lipinski definition) is 1. The molecular weight excluding hydrogens is 234 g/mol. The van der Waals surface area contributed by atoms with Gasteiger partial charge in [-0.15, -0.1) is 0 Å². The third-order valence-electron chi connectivity index (χ3n) is 5.35. The monoisotopic (exact) mass is 265 g/mol. The number of hydrogen-bond acceptors (Lipinski definition) is 3. The summed E-state index contributed by atoms with van der Waals surface area (Å²) in [5.41, 5.74) is 0. The van der Waals surface area contributed by atoms with Crippen LogP contribution in [0.3, 0.4) is 0 Å². The molecule has 2 saturated heterocycles. The maximum Gasteiger partial charge on any atom is 0.0224 e. The molecule has 2 heterocycles. The highest BCUT2D eigenvalue weighted by atomic mass is 15.3. The summed E-state index contributed by atoms with van der Waals surface area (Å²) < 4.78 is 0. The molecule has 3 rings (SSSR count). The minimum atomic E-state index is 0.749. The van der Waals surface area contributed by atoms with Gasteiger partial charge >= 0.3 is 0 Å². The van der Waals surface area contributed by atoms with Gasteiger partial charge in [0.05, 0.1) is 0 Å². The average Bonchev–Trinajstić information content (AvgIpc) is 3.15. The van der Waals surface area contributed by atoms with E-state index in [1.807, 2.05) is 0 Å². The van der Waals surface area contributed by atoms with E-state index in [0.717, 1.165) is 24.0 Å². The zero-order valence-electron chi connectivity index (χ0n) is 12.8. The molecule has 0 aromatic heterocycles. The maximum atomic E-state index is 3.80. The first-order valence-electron chi connectivity index (χ1n) is 8.49. The second kappa shape index (κ2) is 6.11. The summed E-state index contributed by atoms with van der Waals surface area (Å²) in [6, 6.07) is 2.37. The van der Waals surface area contributed by atoms with Crippen LogP contribution in [0.15, 0.2) is 0 Å². The summed E-state index contributed by atoms with van der Waals surface area (Å²) in [4.78, 5) is 5.50. The molecule has 1 N–H and O–H groups in total. The fraction of sp³-hybridized carbons (Fsp3) is 1.00. The van der Waals surface area contributed by atoms with Gasteiger partial charge in [-0.3, -0.25) is 9.80 Å². The Hall–Kier alpha value is -0.120. The smallest absolute Gasteiger partial charge is 0.0224 e. The van der Waals surface area contributed by atoms with Crippen LogP contribution in [-0.2, 0) is 0 Å². The van der Waals surface area contributed by atoms with Crippen LogP contribution in [-0.4, -0.2) is 60.6 Å². The Balaban J connectivity index is 1.54. The van der Waals surface area contributed by atoms with Crippen molar-refractivity contribution >= 4 is 0 Å². The molecule has 0 amide bonds. The molecule has 3 atom stereocenters. The minimum Gasteiger partial charge on any atom is -0.312 e. The summed E-state index contributed by atoms with van der Waals surface area (Å²) in [6.45, 7) is 11.2. The van der Waals surface area contributed by atoms with Crippen LogP contribution in [0.25, 0.3) is 0 Å². The third-order valence-corrected chi connectivity index (χ3v) is 5.35. The van der Waals surface area contributed by atoms with Gasteiger partial charge in [-0.25, -0.2) is 0 Å². The molecule has 19 heavy (non-hydrogen) atoms. The fourth-order valence-electron chi connectivity index (χ4n) is 3.96. The maximum absolute atomic E-state index is 3.80. The van der Waals surface area contributed by atoms with E-state index in [-0.39, 0.29) is 0 Å². The molecule has 3 aliphatic rings. The van der Waals surface area contributed by atoms with E-state index in [1.165, 1.54) is 64.8 Å². The van der Waals surface area contributed by atoms with E-state index in [4.69, 9.17) is 0 Å². The number of piperazine rings is 1. The summed E-state index contributed by atoms with van der Waals surface area (Å²) >= 11 is 0. The Morgan fingerprint density at radius 3 is 2.79 bits per heavy atom. The summed E-state index contributed by atoms with van der Waals surface area (Å²) in [6.07, 6.45) is 7.03. The molecule has 3 fully saturated rings. The Labute approximate surface area is 118 Å². The van der Waals surface area contributed by atoms with Crippen LogP contribution in [0.5, 0.6) is 0 Å². The van der Waals surface area contributed by atoms with Gasteiger partial charge in [-0.2, -0.15) is 0 Å². The van der Waals surface area contributed by atoms with Gasteiger partial charge in [0.2, 0.25) is 0 Å². The van der Waals surface area contributed by atoms with Crippen molar-refractivity contribution in [1.29, 1.82) is 0 Å². The largest absolute Gasteiger partial charge is 0.312 e. The van der Waals surface area contributed by atoms with Crippen molar-refractivity contribution in [3.63, 3.8) is 0 Å². The molecule has 1 aliphatic carbocycles. The third kappa shape index (κ3) is 3.32. The molecule has 3 unspecified atom stereocenters. The molecule has 0 bridgehead atoms. The van der Waals surface area contributed by atoms with E-state index >= 15 is 0 Å². The molecule has 2 aliphatic heterocycles. The number of nitrogens with zero attached hydrogens (tertiary/aromatic N) is 2. The van der Waals surface area contributed by atoms with Gasteiger partial charge in [0.25, 0.3) is 0 Å². The molecule has 3 nitrogen and oxygen atoms in total. The van der Waals surface area contributed by atoms with E-state index in [0.29, 0.717) is 0 Å². The highest BCUT2D eigenvalue weighted by molar-refractivity contribution is 4.95. The number of rotatable bonds is 6. The first kappa shape index (κ1) is 13.8. The molecule has 3 heteroatoms. The van der Waals surface area contributed by atoms with Gasteiger partial charge in [-0.05, 0) is 58.0 Å². The lowest BCUT2D eigenvalue weighted by atomic mass is 10.1. The number of nitrogens with one attached hydrogen (secondary N) is 1. The van der Waals surface area contributed by atoms with Crippen LogP contribution in [0.2, 0.25) is 0 Å². The van der Waals surface area contributed by atoms with Crippen LogP contribution in [0.4, 0.5) is 0 Å². The predicted octanol–water partition coefficient (Wildman–Crippen LogP) is 1.93. The molecule has 0 spiro atoms. The lowest BCUT2D eigenvalue weighted by molar-refractivity contribution is 0.0506. The molecule has 0 radical (unpaired) electrons. The van der Waals surface area contributed by atoms with E-state index < -0.39 is 0 Å². The van der Waals surface area contributed by atoms with Crippen molar-refractivity contribution < 1.29 is 0 Å². The van der Waals surface area contributed by atoms with Gasteiger partial charge in [-0.1, -0.05) is 6.92 Å². The Morgan fingerprint density at radius 1 is 1.21 bits per heavy atom. The standard InChI is InChI=1S/C16H31N3/c1-3-8-17-16(14-6-7-14)12-19-11-15-5-4-9-18(15)10-13(19)2/h13-17H,3-12H2,1-2H3. The van der Waals surface area contributed by atoms with Crippen molar-refractivity contribution in [2.24, 2.45) is 5.92 Å². The second-order valence-corrected chi connectivity index (χ2v) is 6.99. The Morgan fingerprint density at radius 2 is 2.05 bits per heavy atom. The van der Waals surface area contributed by atoms with Crippen LogP contribution >= 0.6 is 0 Å². The fourth-order valence-corrected chi connectivity index (χ4v) is 3.96. The van der Waals surface area contributed by atoms with Crippen molar-refractivity contribution in [2.45, 2.75) is 64.1 Å². The van der Waals surface area contributed by atoms with Crippen molar-refractivity contribution in [1.82, 2.24) is 15.1 Å². The van der Waals surface area contributed by atoms with Crippen LogP contribution in [0, 0.1) is 5.92 Å². The van der Waals surface area contributed by atoms with Crippen LogP contribution < -0.4 is 5.32 Å². The van der Waals surface area contributed by atoms with Crippen molar-refractivity contribution in [3.05, 3.63) is 0 Å². The van der Waals surface area contributed by atoms with E-state index in [9.17, 15) is 0 Å². The Kier molecular flexibility index (Phi) is 4.45. The van der Waals surface area contributed by atoms with Gasteiger partial charge in [0, 0.05) is 37.8 Å². The molecular formula is C16H31N3. The lowest BCUT2D eigenvalue weighted by Crippen LogP contribution is -2.58. The van der Waals surface area contributed by atoms with Gasteiger partial charge < -0.3 is 5.32 Å². The second-order valence-electron chi connectivity index (χ2n) is 6.99. The Bertz CT molecular complexity index is 290. The summed E-state index contributed by atoms with van der Waals surface area (Å²) in [5, 5.41) is 3.80. The van der Waals surface area contributed by atoms with Crippen molar-refractivity contribution in [3.8, 4) is 0 Å². The van der Waals surface area contributed by atoms with Crippen molar-refractivity contribution in [2.75, 3.05) is 32.7 Å². The molecule has 110 valence electrons. The zero-order chi connectivity index (χ0) is 13.2. The number of fused-ring (bicyclic) bond motifs is 1. The highest BCUT2D eigenvalue weighted by Crippen LogP contribution is 2.34. The predicted molar refractivity (Wildman–Crippen MR) is 80.4 cm³/mol.